The van der Waals surface area contributed by atoms with Gasteiger partial charge in [0.25, 0.3) is 0 Å². The number of nitrogens with zero attached hydrogens (tertiary/aromatic N) is 1. The van der Waals surface area contributed by atoms with Crippen LogP contribution in [0.4, 0.5) is 11.4 Å². The fourth-order valence-electron chi connectivity index (χ4n) is 3.39. The first-order valence-electron chi connectivity index (χ1n) is 9.72. The van der Waals surface area contributed by atoms with Crippen LogP contribution in [0.1, 0.15) is 31.7 Å². The Morgan fingerprint density at radius 1 is 1.11 bits per heavy atom. The highest BCUT2D eigenvalue weighted by molar-refractivity contribution is 7.89. The number of aryl methyl sites for hydroxylation is 1. The van der Waals surface area contributed by atoms with Gasteiger partial charge in [-0.2, -0.15) is 0 Å². The van der Waals surface area contributed by atoms with Gasteiger partial charge in [0.1, 0.15) is 0 Å². The van der Waals surface area contributed by atoms with E-state index in [-0.39, 0.29) is 10.8 Å². The minimum atomic E-state index is -3.57. The molecule has 0 fully saturated rings. The summed E-state index contributed by atoms with van der Waals surface area (Å²) in [6, 6.07) is 15.0. The van der Waals surface area contributed by atoms with Gasteiger partial charge < -0.3 is 10.2 Å². The Labute approximate surface area is 167 Å². The van der Waals surface area contributed by atoms with Crippen molar-refractivity contribution in [3.05, 3.63) is 54.1 Å². The van der Waals surface area contributed by atoms with Crippen molar-refractivity contribution in [3.63, 3.8) is 0 Å². The molecule has 2 aromatic carbocycles. The normalized spacial score (nSPS) is 14.1. The summed E-state index contributed by atoms with van der Waals surface area (Å²) in [6.45, 7) is 4.11. The van der Waals surface area contributed by atoms with Gasteiger partial charge >= 0.3 is 0 Å². The van der Waals surface area contributed by atoms with Gasteiger partial charge in [-0.15, -0.1) is 0 Å². The Hall–Kier alpha value is -2.38. The largest absolute Gasteiger partial charge is 0.372 e. The molecule has 0 unspecified atom stereocenters. The van der Waals surface area contributed by atoms with Gasteiger partial charge in [-0.05, 0) is 62.1 Å². The molecular formula is C21H27N3O3S. The zero-order valence-corrected chi connectivity index (χ0v) is 17.0. The average molecular weight is 402 g/mol. The van der Waals surface area contributed by atoms with Gasteiger partial charge in [-0.25, -0.2) is 13.1 Å². The van der Waals surface area contributed by atoms with E-state index in [2.05, 4.69) is 34.0 Å². The second-order valence-corrected chi connectivity index (χ2v) is 8.65. The van der Waals surface area contributed by atoms with E-state index < -0.39 is 10.0 Å². The third-order valence-electron chi connectivity index (χ3n) is 4.91. The van der Waals surface area contributed by atoms with Crippen LogP contribution in [0.2, 0.25) is 0 Å². The molecule has 3 rings (SSSR count). The second-order valence-electron chi connectivity index (χ2n) is 6.89. The van der Waals surface area contributed by atoms with E-state index in [4.69, 9.17) is 0 Å². The van der Waals surface area contributed by atoms with E-state index in [1.54, 1.807) is 18.2 Å². The standard InChI is InChI=1S/C21H27N3O3S/c1-2-24(18-9-4-3-5-10-18)15-7-14-22-28(26,27)19-12-13-20-17(16-19)8-6-11-21(25)23-20/h3-5,9-10,12-13,16,22H,2,6-8,11,14-15H2,1H3,(H,23,25). The van der Waals surface area contributed by atoms with Crippen molar-refractivity contribution in [2.45, 2.75) is 37.5 Å². The van der Waals surface area contributed by atoms with Gasteiger partial charge in [0.15, 0.2) is 0 Å². The number of fused-ring (bicyclic) bond motifs is 1. The maximum Gasteiger partial charge on any atom is 0.240 e. The molecule has 0 atom stereocenters. The smallest absolute Gasteiger partial charge is 0.240 e. The minimum absolute atomic E-state index is 0.0219. The number of rotatable bonds is 8. The molecule has 2 aromatic rings. The highest BCUT2D eigenvalue weighted by atomic mass is 32.2. The van der Waals surface area contributed by atoms with Crippen LogP contribution in [0.5, 0.6) is 0 Å². The summed E-state index contributed by atoms with van der Waals surface area (Å²) in [7, 11) is -3.57. The molecule has 0 saturated carbocycles. The molecule has 0 aromatic heterocycles. The first-order chi connectivity index (χ1) is 13.5. The predicted molar refractivity (Wildman–Crippen MR) is 112 cm³/mol. The molecule has 0 saturated heterocycles. The van der Waals surface area contributed by atoms with Crippen LogP contribution < -0.4 is 14.9 Å². The number of hydrogen-bond donors (Lipinski definition) is 2. The third kappa shape index (κ3) is 5.11. The Morgan fingerprint density at radius 3 is 2.64 bits per heavy atom. The molecule has 28 heavy (non-hydrogen) atoms. The van der Waals surface area contributed by atoms with Crippen LogP contribution in [-0.2, 0) is 21.2 Å². The Morgan fingerprint density at radius 2 is 1.89 bits per heavy atom. The Bertz CT molecular complexity index is 914. The van der Waals surface area contributed by atoms with Crippen molar-refractivity contribution in [1.82, 2.24) is 4.72 Å². The van der Waals surface area contributed by atoms with Crippen LogP contribution in [0.3, 0.4) is 0 Å². The molecule has 1 heterocycles. The first-order valence-corrected chi connectivity index (χ1v) is 11.2. The van der Waals surface area contributed by atoms with E-state index in [1.165, 1.54) is 0 Å². The van der Waals surface area contributed by atoms with Gasteiger partial charge in [-0.1, -0.05) is 18.2 Å². The minimum Gasteiger partial charge on any atom is -0.372 e. The van der Waals surface area contributed by atoms with Crippen LogP contribution in [0.15, 0.2) is 53.4 Å². The summed E-state index contributed by atoms with van der Waals surface area (Å²) in [5, 5.41) is 2.83. The molecule has 1 aliphatic rings. The molecule has 7 heteroatoms. The maximum absolute atomic E-state index is 12.6. The van der Waals surface area contributed by atoms with Gasteiger partial charge in [0.05, 0.1) is 4.90 Å². The summed E-state index contributed by atoms with van der Waals surface area (Å²) < 4.78 is 28.0. The fraction of sp³-hybridized carbons (Fsp3) is 0.381. The number of amides is 1. The number of sulfonamides is 1. The number of carbonyl (C=O) groups excluding carboxylic acids is 1. The summed E-state index contributed by atoms with van der Waals surface area (Å²) in [4.78, 5) is 14.1. The van der Waals surface area contributed by atoms with Crippen LogP contribution >= 0.6 is 0 Å². The number of para-hydroxylation sites is 1. The van der Waals surface area contributed by atoms with E-state index in [0.29, 0.717) is 31.5 Å². The molecule has 1 amide bonds. The summed E-state index contributed by atoms with van der Waals surface area (Å²) in [6.07, 6.45) is 2.59. The van der Waals surface area contributed by atoms with Crippen molar-refractivity contribution < 1.29 is 13.2 Å². The Balaban J connectivity index is 1.58. The van der Waals surface area contributed by atoms with E-state index in [1.807, 2.05) is 18.2 Å². The van der Waals surface area contributed by atoms with E-state index in [9.17, 15) is 13.2 Å². The molecule has 0 radical (unpaired) electrons. The number of carbonyl (C=O) groups is 1. The molecular weight excluding hydrogens is 374 g/mol. The van der Waals surface area contributed by atoms with Crippen LogP contribution in [-0.4, -0.2) is 34.0 Å². The van der Waals surface area contributed by atoms with E-state index >= 15 is 0 Å². The number of hydrogen-bond acceptors (Lipinski definition) is 4. The van der Waals surface area contributed by atoms with Crippen molar-refractivity contribution in [1.29, 1.82) is 0 Å². The second kappa shape index (κ2) is 9.21. The summed E-state index contributed by atoms with van der Waals surface area (Å²) in [5.41, 5.74) is 2.72. The zero-order chi connectivity index (χ0) is 20.0. The van der Waals surface area contributed by atoms with Crippen molar-refractivity contribution in [2.24, 2.45) is 0 Å². The summed E-state index contributed by atoms with van der Waals surface area (Å²) >= 11 is 0. The lowest BCUT2D eigenvalue weighted by atomic mass is 10.1. The zero-order valence-electron chi connectivity index (χ0n) is 16.1. The predicted octanol–water partition coefficient (Wildman–Crippen LogP) is 3.16. The quantitative estimate of drug-likeness (QED) is 0.666. The topological polar surface area (TPSA) is 78.5 Å². The molecule has 0 spiro atoms. The molecule has 0 bridgehead atoms. The van der Waals surface area contributed by atoms with Gasteiger partial charge in [-0.3, -0.25) is 4.79 Å². The number of anilines is 2. The maximum atomic E-state index is 12.6. The van der Waals surface area contributed by atoms with Crippen molar-refractivity contribution >= 4 is 27.3 Å². The third-order valence-corrected chi connectivity index (χ3v) is 6.37. The summed E-state index contributed by atoms with van der Waals surface area (Å²) in [5.74, 6) is -0.0219. The molecule has 150 valence electrons. The van der Waals surface area contributed by atoms with E-state index in [0.717, 1.165) is 30.8 Å². The highest BCUT2D eigenvalue weighted by Gasteiger charge is 2.18. The lowest BCUT2D eigenvalue weighted by molar-refractivity contribution is -0.116. The molecule has 1 aliphatic heterocycles. The van der Waals surface area contributed by atoms with Crippen molar-refractivity contribution in [3.8, 4) is 0 Å². The molecule has 6 nitrogen and oxygen atoms in total. The monoisotopic (exact) mass is 401 g/mol. The van der Waals surface area contributed by atoms with Crippen LogP contribution in [0, 0.1) is 0 Å². The average Bonchev–Trinajstić information content (AvgIpc) is 2.88. The number of benzene rings is 2. The molecule has 2 N–H and O–H groups in total. The lowest BCUT2D eigenvalue weighted by Crippen LogP contribution is -2.30. The first kappa shape index (κ1) is 20.4. The van der Waals surface area contributed by atoms with Crippen LogP contribution in [0.25, 0.3) is 0 Å². The Kier molecular flexibility index (Phi) is 6.70. The number of nitrogens with one attached hydrogen (secondary N) is 2. The van der Waals surface area contributed by atoms with Crippen molar-refractivity contribution in [2.75, 3.05) is 29.9 Å². The highest BCUT2D eigenvalue weighted by Crippen LogP contribution is 2.25. The molecule has 0 aliphatic carbocycles. The SMILES string of the molecule is CCN(CCCNS(=O)(=O)c1ccc2c(c1)CCCC(=O)N2)c1ccccc1. The lowest BCUT2D eigenvalue weighted by Gasteiger charge is -2.23. The van der Waals surface area contributed by atoms with Gasteiger partial charge in [0.2, 0.25) is 15.9 Å². The van der Waals surface area contributed by atoms with Gasteiger partial charge in [0, 0.05) is 37.4 Å². The fourth-order valence-corrected chi connectivity index (χ4v) is 4.51.